The Balaban J connectivity index is 2.08. The number of benzene rings is 1. The minimum absolute atomic E-state index is 0.112. The van der Waals surface area contributed by atoms with Crippen LogP contribution >= 0.6 is 0 Å². The van der Waals surface area contributed by atoms with Crippen LogP contribution in [0.2, 0.25) is 0 Å². The number of carboxylic acid groups (broad SMARTS) is 1. The lowest BCUT2D eigenvalue weighted by Gasteiger charge is -2.27. The number of hydrogen-bond donors (Lipinski definition) is 1. The zero-order valence-electron chi connectivity index (χ0n) is 9.33. The Morgan fingerprint density at radius 3 is 2.41 bits per heavy atom. The Bertz CT molecular complexity index is 403. The van der Waals surface area contributed by atoms with E-state index in [1.165, 1.54) is 12.5 Å². The third-order valence-electron chi connectivity index (χ3n) is 2.68. The summed E-state index contributed by atoms with van der Waals surface area (Å²) in [6.45, 7) is 0. The molecule has 17 heavy (non-hydrogen) atoms. The summed E-state index contributed by atoms with van der Waals surface area (Å²) in [4.78, 5) is 10.5. The molecule has 1 aliphatic rings. The molecule has 0 bridgehead atoms. The Morgan fingerprint density at radius 2 is 1.82 bits per heavy atom. The van der Waals surface area contributed by atoms with E-state index in [-0.39, 0.29) is 6.42 Å². The van der Waals surface area contributed by atoms with E-state index in [4.69, 9.17) is 14.6 Å². The van der Waals surface area contributed by atoms with E-state index in [0.29, 0.717) is 12.8 Å². The molecule has 1 aromatic carbocycles. The molecule has 0 fully saturated rings. The SMILES string of the molecule is O=C(O)CCCC1(c2ccccc2)OC=CO1. The maximum absolute atomic E-state index is 10.5. The van der Waals surface area contributed by atoms with E-state index in [0.717, 1.165) is 5.56 Å². The molecular weight excluding hydrogens is 220 g/mol. The van der Waals surface area contributed by atoms with E-state index in [9.17, 15) is 4.79 Å². The fraction of sp³-hybridized carbons (Fsp3) is 0.308. The highest BCUT2D eigenvalue weighted by atomic mass is 16.7. The summed E-state index contributed by atoms with van der Waals surface area (Å²) in [6.07, 6.45) is 4.12. The number of hydrogen-bond acceptors (Lipinski definition) is 3. The molecule has 0 saturated heterocycles. The highest BCUT2D eigenvalue weighted by Gasteiger charge is 2.37. The third-order valence-corrected chi connectivity index (χ3v) is 2.68. The van der Waals surface area contributed by atoms with Crippen molar-refractivity contribution in [2.75, 3.05) is 0 Å². The zero-order chi connectivity index (χ0) is 12.1. The lowest BCUT2D eigenvalue weighted by atomic mass is 9.99. The fourth-order valence-electron chi connectivity index (χ4n) is 1.87. The Kier molecular flexibility index (Phi) is 3.32. The zero-order valence-corrected chi connectivity index (χ0v) is 9.33. The van der Waals surface area contributed by atoms with Crippen molar-refractivity contribution in [2.24, 2.45) is 0 Å². The standard InChI is InChI=1S/C13H14O4/c14-12(15)7-4-8-13(16-9-10-17-13)11-5-2-1-3-6-11/h1-3,5-6,9-10H,4,7-8H2,(H,14,15). The van der Waals surface area contributed by atoms with E-state index in [2.05, 4.69) is 0 Å². The van der Waals surface area contributed by atoms with Gasteiger partial charge in [-0.15, -0.1) is 0 Å². The quantitative estimate of drug-likeness (QED) is 0.850. The van der Waals surface area contributed by atoms with Crippen LogP contribution in [0.15, 0.2) is 42.9 Å². The highest BCUT2D eigenvalue weighted by Crippen LogP contribution is 2.36. The molecule has 0 saturated carbocycles. The molecular formula is C13H14O4. The summed E-state index contributed by atoms with van der Waals surface area (Å²) in [5.74, 6) is -1.66. The maximum Gasteiger partial charge on any atom is 0.303 e. The van der Waals surface area contributed by atoms with Gasteiger partial charge in [0, 0.05) is 18.4 Å². The second kappa shape index (κ2) is 4.91. The molecule has 1 heterocycles. The highest BCUT2D eigenvalue weighted by molar-refractivity contribution is 5.66. The van der Waals surface area contributed by atoms with Crippen molar-refractivity contribution in [3.05, 3.63) is 48.4 Å². The fourth-order valence-corrected chi connectivity index (χ4v) is 1.87. The van der Waals surface area contributed by atoms with Gasteiger partial charge in [0.2, 0.25) is 0 Å². The molecule has 1 aliphatic heterocycles. The van der Waals surface area contributed by atoms with Crippen LogP contribution in [0.3, 0.4) is 0 Å². The van der Waals surface area contributed by atoms with Gasteiger partial charge in [-0.2, -0.15) is 0 Å². The summed E-state index contributed by atoms with van der Waals surface area (Å²) >= 11 is 0. The lowest BCUT2D eigenvalue weighted by Crippen LogP contribution is -2.27. The minimum atomic E-state index is -0.850. The van der Waals surface area contributed by atoms with Crippen LogP contribution < -0.4 is 0 Å². The van der Waals surface area contributed by atoms with Gasteiger partial charge in [-0.25, -0.2) is 0 Å². The molecule has 1 N–H and O–H groups in total. The average Bonchev–Trinajstić information content (AvgIpc) is 2.80. The number of ether oxygens (including phenoxy) is 2. The van der Waals surface area contributed by atoms with Crippen LogP contribution in [-0.4, -0.2) is 11.1 Å². The first-order valence-corrected chi connectivity index (χ1v) is 5.51. The molecule has 0 aliphatic carbocycles. The predicted molar refractivity (Wildman–Crippen MR) is 60.9 cm³/mol. The van der Waals surface area contributed by atoms with Gasteiger partial charge >= 0.3 is 5.97 Å². The van der Waals surface area contributed by atoms with E-state index in [1.54, 1.807) is 0 Å². The van der Waals surface area contributed by atoms with Crippen molar-refractivity contribution in [3.8, 4) is 0 Å². The van der Waals surface area contributed by atoms with Crippen molar-refractivity contribution < 1.29 is 19.4 Å². The molecule has 0 atom stereocenters. The molecule has 0 aromatic heterocycles. The van der Waals surface area contributed by atoms with Crippen molar-refractivity contribution in [3.63, 3.8) is 0 Å². The van der Waals surface area contributed by atoms with Gasteiger partial charge in [-0.3, -0.25) is 4.79 Å². The first-order valence-electron chi connectivity index (χ1n) is 5.51. The van der Waals surface area contributed by atoms with E-state index >= 15 is 0 Å². The topological polar surface area (TPSA) is 55.8 Å². The molecule has 4 heteroatoms. The smallest absolute Gasteiger partial charge is 0.303 e. The first kappa shape index (κ1) is 11.5. The molecule has 0 unspecified atom stereocenters. The maximum atomic E-state index is 10.5. The summed E-state index contributed by atoms with van der Waals surface area (Å²) in [6, 6.07) is 9.54. The van der Waals surface area contributed by atoms with Crippen LogP contribution in [0.1, 0.15) is 24.8 Å². The minimum Gasteiger partial charge on any atom is -0.481 e. The van der Waals surface area contributed by atoms with Crippen molar-refractivity contribution in [1.29, 1.82) is 0 Å². The molecule has 0 amide bonds. The van der Waals surface area contributed by atoms with Crippen molar-refractivity contribution in [1.82, 2.24) is 0 Å². The monoisotopic (exact) mass is 234 g/mol. The summed E-state index contributed by atoms with van der Waals surface area (Å²) in [7, 11) is 0. The number of aliphatic carboxylic acids is 1. The van der Waals surface area contributed by atoms with Gasteiger partial charge in [0.1, 0.15) is 12.5 Å². The summed E-state index contributed by atoms with van der Waals surface area (Å²) in [5, 5.41) is 8.64. The van der Waals surface area contributed by atoms with Crippen molar-refractivity contribution >= 4 is 5.97 Å². The van der Waals surface area contributed by atoms with E-state index in [1.807, 2.05) is 30.3 Å². The van der Waals surface area contributed by atoms with E-state index < -0.39 is 11.8 Å². The molecule has 4 nitrogen and oxygen atoms in total. The van der Waals surface area contributed by atoms with Gasteiger partial charge in [0.05, 0.1) is 0 Å². The van der Waals surface area contributed by atoms with Gasteiger partial charge in [0.15, 0.2) is 0 Å². The first-order chi connectivity index (χ1) is 8.23. The van der Waals surface area contributed by atoms with Gasteiger partial charge in [0.25, 0.3) is 5.79 Å². The lowest BCUT2D eigenvalue weighted by molar-refractivity contribution is -0.157. The average molecular weight is 234 g/mol. The third kappa shape index (κ3) is 2.58. The second-order valence-electron chi connectivity index (χ2n) is 3.87. The summed E-state index contributed by atoms with van der Waals surface area (Å²) in [5.41, 5.74) is 0.899. The Morgan fingerprint density at radius 1 is 1.18 bits per heavy atom. The predicted octanol–water partition coefficient (Wildman–Crippen LogP) is 2.61. The van der Waals surface area contributed by atoms with Crippen molar-refractivity contribution in [2.45, 2.75) is 25.0 Å². The van der Waals surface area contributed by atoms with Gasteiger partial charge in [-0.05, 0) is 6.42 Å². The van der Waals surface area contributed by atoms with Crippen LogP contribution in [-0.2, 0) is 20.1 Å². The number of carbonyl (C=O) groups is 1. The largest absolute Gasteiger partial charge is 0.481 e. The normalized spacial score (nSPS) is 16.2. The number of carboxylic acids is 1. The number of rotatable bonds is 5. The molecule has 1 aromatic rings. The summed E-state index contributed by atoms with van der Waals surface area (Å²) < 4.78 is 11.0. The Labute approximate surface area is 99.5 Å². The molecule has 0 spiro atoms. The van der Waals surface area contributed by atoms with Crippen LogP contribution in [0.4, 0.5) is 0 Å². The molecule has 2 rings (SSSR count). The molecule has 90 valence electrons. The Hall–Kier alpha value is -1.97. The van der Waals surface area contributed by atoms with Crippen LogP contribution in [0.25, 0.3) is 0 Å². The van der Waals surface area contributed by atoms with Gasteiger partial charge in [-0.1, -0.05) is 30.3 Å². The van der Waals surface area contributed by atoms with Gasteiger partial charge < -0.3 is 14.6 Å². The van der Waals surface area contributed by atoms with Crippen LogP contribution in [0.5, 0.6) is 0 Å². The molecule has 0 radical (unpaired) electrons. The van der Waals surface area contributed by atoms with Crippen LogP contribution in [0, 0.1) is 0 Å². The second-order valence-corrected chi connectivity index (χ2v) is 3.87.